The second-order valence-electron chi connectivity index (χ2n) is 5.22. The largest absolute Gasteiger partial charge is 0.481 e. The number of nitrogens with zero attached hydrogens (tertiary/aromatic N) is 2. The van der Waals surface area contributed by atoms with Crippen LogP contribution in [-0.4, -0.2) is 24.0 Å². The Kier molecular flexibility index (Phi) is 5.61. The lowest BCUT2D eigenvalue weighted by molar-refractivity contribution is -0.137. The fourth-order valence-electron chi connectivity index (χ4n) is 2.16. The minimum absolute atomic E-state index is 0.130. The van der Waals surface area contributed by atoms with Gasteiger partial charge in [-0.05, 0) is 48.9 Å². The summed E-state index contributed by atoms with van der Waals surface area (Å²) in [7, 11) is 1.72. The molecule has 0 radical (unpaired) electrons. The molecule has 0 spiro atoms. The van der Waals surface area contributed by atoms with Gasteiger partial charge in [0.1, 0.15) is 5.75 Å². The fraction of sp³-hybridized carbons (Fsp3) is 0.222. The van der Waals surface area contributed by atoms with Gasteiger partial charge < -0.3 is 9.64 Å². The van der Waals surface area contributed by atoms with E-state index in [0.717, 1.165) is 5.56 Å². The summed E-state index contributed by atoms with van der Waals surface area (Å²) >= 11 is 5.95. The van der Waals surface area contributed by atoms with Crippen molar-refractivity contribution < 1.29 is 9.53 Å². The van der Waals surface area contributed by atoms with Crippen LogP contribution >= 0.6 is 11.6 Å². The highest BCUT2D eigenvalue weighted by Crippen LogP contribution is 2.16. The van der Waals surface area contributed by atoms with Gasteiger partial charge in [0.15, 0.2) is 6.10 Å². The van der Waals surface area contributed by atoms with E-state index in [1.807, 2.05) is 24.3 Å². The van der Waals surface area contributed by atoms with Crippen molar-refractivity contribution in [3.63, 3.8) is 0 Å². The molecule has 0 saturated carbocycles. The molecule has 0 N–H and O–H groups in total. The number of likely N-dealkylation sites (N-methyl/N-ethyl adjacent to an activating group) is 1. The molecular formula is C18H17ClN2O2. The van der Waals surface area contributed by atoms with E-state index in [2.05, 4.69) is 0 Å². The summed E-state index contributed by atoms with van der Waals surface area (Å²) in [5, 5.41) is 9.41. The molecule has 0 unspecified atom stereocenters. The highest BCUT2D eigenvalue weighted by atomic mass is 35.5. The first-order valence-electron chi connectivity index (χ1n) is 7.16. The van der Waals surface area contributed by atoms with Crippen molar-refractivity contribution in [1.82, 2.24) is 4.90 Å². The number of hydrogen-bond donors (Lipinski definition) is 0. The molecule has 118 valence electrons. The van der Waals surface area contributed by atoms with Gasteiger partial charge in [-0.25, -0.2) is 0 Å². The number of carbonyl (C=O) groups is 1. The number of rotatable bonds is 5. The van der Waals surface area contributed by atoms with Gasteiger partial charge in [-0.3, -0.25) is 4.79 Å². The maximum atomic E-state index is 12.4. The molecule has 2 rings (SSSR count). The second kappa shape index (κ2) is 7.66. The Morgan fingerprint density at radius 1 is 1.30 bits per heavy atom. The van der Waals surface area contributed by atoms with E-state index in [1.54, 1.807) is 49.2 Å². The monoisotopic (exact) mass is 328 g/mol. The second-order valence-corrected chi connectivity index (χ2v) is 5.66. The van der Waals surface area contributed by atoms with Gasteiger partial charge in [0, 0.05) is 18.6 Å². The van der Waals surface area contributed by atoms with E-state index >= 15 is 0 Å². The predicted octanol–water partition coefficient (Wildman–Crippen LogP) is 3.64. The van der Waals surface area contributed by atoms with Crippen LogP contribution in [0.3, 0.4) is 0 Å². The number of nitriles is 1. The van der Waals surface area contributed by atoms with Gasteiger partial charge in [-0.1, -0.05) is 23.7 Å². The Bertz CT molecular complexity index is 723. The van der Waals surface area contributed by atoms with E-state index in [0.29, 0.717) is 22.9 Å². The molecule has 23 heavy (non-hydrogen) atoms. The maximum Gasteiger partial charge on any atom is 0.263 e. The molecule has 1 amide bonds. The van der Waals surface area contributed by atoms with E-state index in [1.165, 1.54) is 0 Å². The molecule has 2 aromatic rings. The third-order valence-corrected chi connectivity index (χ3v) is 3.56. The first-order valence-corrected chi connectivity index (χ1v) is 7.53. The average Bonchev–Trinajstić information content (AvgIpc) is 2.54. The molecule has 2 aromatic carbocycles. The normalized spacial score (nSPS) is 11.4. The Morgan fingerprint density at radius 3 is 2.61 bits per heavy atom. The summed E-state index contributed by atoms with van der Waals surface area (Å²) in [4.78, 5) is 14.0. The van der Waals surface area contributed by atoms with Gasteiger partial charge in [0.05, 0.1) is 11.6 Å². The zero-order valence-corrected chi connectivity index (χ0v) is 13.7. The molecule has 5 heteroatoms. The number of benzene rings is 2. The summed E-state index contributed by atoms with van der Waals surface area (Å²) in [6.07, 6.45) is -0.618. The highest BCUT2D eigenvalue weighted by molar-refractivity contribution is 6.30. The highest BCUT2D eigenvalue weighted by Gasteiger charge is 2.19. The molecule has 0 heterocycles. The van der Waals surface area contributed by atoms with E-state index in [9.17, 15) is 4.79 Å². The van der Waals surface area contributed by atoms with E-state index in [-0.39, 0.29) is 5.91 Å². The molecular weight excluding hydrogens is 312 g/mol. The Labute approximate surface area is 140 Å². The Morgan fingerprint density at radius 2 is 2.00 bits per heavy atom. The number of hydrogen-bond acceptors (Lipinski definition) is 3. The number of halogens is 1. The molecule has 4 nitrogen and oxygen atoms in total. The summed E-state index contributed by atoms with van der Waals surface area (Å²) in [5.41, 5.74) is 1.51. The minimum atomic E-state index is -0.618. The van der Waals surface area contributed by atoms with Gasteiger partial charge in [0.2, 0.25) is 0 Å². The lowest BCUT2D eigenvalue weighted by atomic mass is 10.2. The number of carbonyl (C=O) groups excluding carboxylic acids is 1. The van der Waals surface area contributed by atoms with Crippen molar-refractivity contribution >= 4 is 17.5 Å². The molecule has 1 atom stereocenters. The van der Waals surface area contributed by atoms with Crippen LogP contribution in [0.4, 0.5) is 0 Å². The molecule has 0 fully saturated rings. The van der Waals surface area contributed by atoms with Crippen LogP contribution in [0.5, 0.6) is 5.75 Å². The van der Waals surface area contributed by atoms with Gasteiger partial charge in [-0.15, -0.1) is 0 Å². The Hall–Kier alpha value is -2.51. The molecule has 0 aliphatic rings. The van der Waals surface area contributed by atoms with Crippen LogP contribution in [-0.2, 0) is 11.3 Å². The van der Waals surface area contributed by atoms with Crippen molar-refractivity contribution in [2.75, 3.05) is 7.05 Å². The topological polar surface area (TPSA) is 53.3 Å². The van der Waals surface area contributed by atoms with Crippen molar-refractivity contribution in [3.8, 4) is 11.8 Å². The SMILES string of the molecule is C[C@H](Oc1ccc(C#N)cc1)C(=O)N(C)Cc1cccc(Cl)c1. The zero-order chi connectivity index (χ0) is 16.8. The fourth-order valence-corrected chi connectivity index (χ4v) is 2.37. The van der Waals surface area contributed by atoms with Crippen molar-refractivity contribution in [1.29, 1.82) is 5.26 Å². The summed E-state index contributed by atoms with van der Waals surface area (Å²) in [5.74, 6) is 0.426. The third-order valence-electron chi connectivity index (χ3n) is 3.33. The average molecular weight is 329 g/mol. The first-order chi connectivity index (χ1) is 11.0. The van der Waals surface area contributed by atoms with Crippen molar-refractivity contribution in [2.24, 2.45) is 0 Å². The number of ether oxygens (including phenoxy) is 1. The third kappa shape index (κ3) is 4.73. The molecule has 0 aliphatic carbocycles. The van der Waals surface area contributed by atoms with Gasteiger partial charge in [-0.2, -0.15) is 5.26 Å². The molecule has 0 aromatic heterocycles. The summed E-state index contributed by atoms with van der Waals surface area (Å²) in [6.45, 7) is 2.16. The lowest BCUT2D eigenvalue weighted by Crippen LogP contribution is -2.37. The summed E-state index contributed by atoms with van der Waals surface area (Å²) in [6, 6.07) is 16.1. The van der Waals surface area contributed by atoms with Crippen LogP contribution in [0.15, 0.2) is 48.5 Å². The summed E-state index contributed by atoms with van der Waals surface area (Å²) < 4.78 is 5.63. The molecule has 0 bridgehead atoms. The number of amides is 1. The van der Waals surface area contributed by atoms with Crippen molar-refractivity contribution in [2.45, 2.75) is 19.6 Å². The van der Waals surface area contributed by atoms with Crippen LogP contribution in [0.25, 0.3) is 0 Å². The van der Waals surface area contributed by atoms with E-state index in [4.69, 9.17) is 21.6 Å². The Balaban J connectivity index is 1.96. The van der Waals surface area contributed by atoms with Crippen LogP contribution < -0.4 is 4.74 Å². The molecule has 0 aliphatic heterocycles. The van der Waals surface area contributed by atoms with Gasteiger partial charge >= 0.3 is 0 Å². The van der Waals surface area contributed by atoms with Crippen molar-refractivity contribution in [3.05, 3.63) is 64.7 Å². The van der Waals surface area contributed by atoms with Crippen LogP contribution in [0.2, 0.25) is 5.02 Å². The maximum absolute atomic E-state index is 12.4. The van der Waals surface area contributed by atoms with Crippen LogP contribution in [0.1, 0.15) is 18.1 Å². The lowest BCUT2D eigenvalue weighted by Gasteiger charge is -2.22. The standard InChI is InChI=1S/C18H17ClN2O2/c1-13(23-17-8-6-14(11-20)7-9-17)18(22)21(2)12-15-4-3-5-16(19)10-15/h3-10,13H,12H2,1-2H3/t13-/m0/s1. The zero-order valence-electron chi connectivity index (χ0n) is 13.0. The van der Waals surface area contributed by atoms with Crippen LogP contribution in [0, 0.1) is 11.3 Å². The van der Waals surface area contributed by atoms with E-state index < -0.39 is 6.10 Å². The predicted molar refractivity (Wildman–Crippen MR) is 89.2 cm³/mol. The molecule has 0 saturated heterocycles. The van der Waals surface area contributed by atoms with Gasteiger partial charge in [0.25, 0.3) is 5.91 Å². The smallest absolute Gasteiger partial charge is 0.263 e. The minimum Gasteiger partial charge on any atom is -0.481 e. The quantitative estimate of drug-likeness (QED) is 0.842. The first kappa shape index (κ1) is 16.9.